The Balaban J connectivity index is 1.42. The maximum absolute atomic E-state index is 13.2. The van der Waals surface area contributed by atoms with E-state index in [1.807, 2.05) is 0 Å². The van der Waals surface area contributed by atoms with E-state index in [1.54, 1.807) is 4.90 Å². The lowest BCUT2D eigenvalue weighted by Crippen LogP contribution is -2.61. The summed E-state index contributed by atoms with van der Waals surface area (Å²) in [6, 6.07) is 5.62. The molecule has 1 aromatic rings. The van der Waals surface area contributed by atoms with Gasteiger partial charge in [0.05, 0.1) is 11.1 Å². The molecule has 4 aliphatic rings. The van der Waals surface area contributed by atoms with Crippen molar-refractivity contribution in [2.24, 2.45) is 5.92 Å². The van der Waals surface area contributed by atoms with Crippen molar-refractivity contribution >= 4 is 5.91 Å². The molecule has 4 fully saturated rings. The fraction of sp³-hybridized carbons (Fsp3) is 0.632. The number of halogens is 3. The third-order valence-electron chi connectivity index (χ3n) is 6.16. The molecule has 0 aromatic heterocycles. The second kappa shape index (κ2) is 6.85. The number of carbonyl (C=O) groups is 1. The second-order valence-electron chi connectivity index (χ2n) is 7.58. The Kier molecular flexibility index (Phi) is 4.69. The molecule has 5 rings (SSSR count). The van der Waals surface area contributed by atoms with E-state index >= 15 is 0 Å². The zero-order valence-corrected chi connectivity index (χ0v) is 14.7. The molecular weight excluding hydrogens is 343 g/mol. The van der Waals surface area contributed by atoms with Gasteiger partial charge >= 0.3 is 6.18 Å². The van der Waals surface area contributed by atoms with Gasteiger partial charge in [-0.3, -0.25) is 9.69 Å². The number of piperidine rings is 3. The number of nitrogens with zero attached hydrogens (tertiary/aromatic N) is 3. The molecule has 26 heavy (non-hydrogen) atoms. The summed E-state index contributed by atoms with van der Waals surface area (Å²) in [5.74, 6) is 0.222. The fourth-order valence-electron chi connectivity index (χ4n) is 4.69. The molecule has 4 aliphatic heterocycles. The highest BCUT2D eigenvalue weighted by atomic mass is 19.4. The van der Waals surface area contributed by atoms with E-state index in [0.29, 0.717) is 19.1 Å². The van der Waals surface area contributed by atoms with Crippen molar-refractivity contribution in [1.82, 2.24) is 14.7 Å². The van der Waals surface area contributed by atoms with Crippen LogP contribution in [0.3, 0.4) is 0 Å². The SMILES string of the molecule is O=C(c1ccccc1C(F)(F)F)N1CCN(C2CN3CCC2CC3)CC1. The largest absolute Gasteiger partial charge is 0.417 e. The minimum atomic E-state index is -4.51. The van der Waals surface area contributed by atoms with Gasteiger partial charge < -0.3 is 9.80 Å². The van der Waals surface area contributed by atoms with E-state index in [2.05, 4.69) is 9.80 Å². The van der Waals surface area contributed by atoms with Crippen molar-refractivity contribution in [3.8, 4) is 0 Å². The van der Waals surface area contributed by atoms with Crippen molar-refractivity contribution in [2.75, 3.05) is 45.8 Å². The van der Waals surface area contributed by atoms with Crippen LogP contribution in [0, 0.1) is 5.92 Å². The number of fused-ring (bicyclic) bond motifs is 3. The molecule has 1 atom stereocenters. The predicted molar refractivity (Wildman–Crippen MR) is 91.9 cm³/mol. The van der Waals surface area contributed by atoms with Crippen molar-refractivity contribution in [2.45, 2.75) is 25.1 Å². The number of benzene rings is 1. The lowest BCUT2D eigenvalue weighted by atomic mass is 9.83. The first kappa shape index (κ1) is 17.8. The average molecular weight is 367 g/mol. The highest BCUT2D eigenvalue weighted by Gasteiger charge is 2.40. The first-order valence-electron chi connectivity index (χ1n) is 9.35. The van der Waals surface area contributed by atoms with E-state index in [1.165, 1.54) is 44.1 Å². The third-order valence-corrected chi connectivity index (χ3v) is 6.16. The summed E-state index contributed by atoms with van der Waals surface area (Å²) in [7, 11) is 0. The number of piperazine rings is 1. The van der Waals surface area contributed by atoms with Gasteiger partial charge in [-0.1, -0.05) is 12.1 Å². The van der Waals surface area contributed by atoms with Crippen molar-refractivity contribution < 1.29 is 18.0 Å². The van der Waals surface area contributed by atoms with E-state index in [4.69, 9.17) is 0 Å². The van der Waals surface area contributed by atoms with E-state index < -0.39 is 17.6 Å². The Hall–Kier alpha value is -1.60. The Morgan fingerprint density at radius 1 is 0.962 bits per heavy atom. The minimum absolute atomic E-state index is 0.240. The molecule has 1 unspecified atom stereocenters. The third kappa shape index (κ3) is 3.34. The Morgan fingerprint density at radius 2 is 1.62 bits per heavy atom. The van der Waals surface area contributed by atoms with Gasteiger partial charge in [0.15, 0.2) is 0 Å². The molecule has 0 saturated carbocycles. The molecular formula is C19H24F3N3O. The van der Waals surface area contributed by atoms with Crippen LogP contribution in [0.4, 0.5) is 13.2 Å². The van der Waals surface area contributed by atoms with Crippen molar-refractivity contribution in [3.63, 3.8) is 0 Å². The number of alkyl halides is 3. The highest BCUT2D eigenvalue weighted by molar-refractivity contribution is 5.96. The van der Waals surface area contributed by atoms with Crippen LogP contribution in [-0.4, -0.2) is 72.5 Å². The first-order chi connectivity index (χ1) is 12.4. The predicted octanol–water partition coefficient (Wildman–Crippen LogP) is 2.56. The highest BCUT2D eigenvalue weighted by Crippen LogP contribution is 2.33. The van der Waals surface area contributed by atoms with Gasteiger partial charge in [0, 0.05) is 38.8 Å². The molecule has 4 heterocycles. The normalized spacial score (nSPS) is 29.8. The van der Waals surface area contributed by atoms with Crippen LogP contribution in [0.5, 0.6) is 0 Å². The van der Waals surface area contributed by atoms with E-state index in [0.717, 1.165) is 31.6 Å². The van der Waals surface area contributed by atoms with Crippen LogP contribution in [0.25, 0.3) is 0 Å². The van der Waals surface area contributed by atoms with Crippen LogP contribution in [0.1, 0.15) is 28.8 Å². The fourth-order valence-corrected chi connectivity index (χ4v) is 4.69. The van der Waals surface area contributed by atoms with Gasteiger partial charge in [-0.05, 0) is 44.0 Å². The smallest absolute Gasteiger partial charge is 0.336 e. The minimum Gasteiger partial charge on any atom is -0.336 e. The quantitative estimate of drug-likeness (QED) is 0.804. The zero-order valence-electron chi connectivity index (χ0n) is 14.7. The summed E-state index contributed by atoms with van der Waals surface area (Å²) in [5.41, 5.74) is -1.08. The lowest BCUT2D eigenvalue weighted by Gasteiger charge is -2.51. The molecule has 0 radical (unpaired) electrons. The van der Waals surface area contributed by atoms with E-state index in [-0.39, 0.29) is 5.56 Å². The van der Waals surface area contributed by atoms with Crippen molar-refractivity contribution in [1.29, 1.82) is 0 Å². The molecule has 4 saturated heterocycles. The Bertz CT molecular complexity index is 662. The summed E-state index contributed by atoms with van der Waals surface area (Å²) < 4.78 is 39.6. The number of rotatable bonds is 2. The summed E-state index contributed by atoms with van der Waals surface area (Å²) in [4.78, 5) is 19.2. The Labute approximate surface area is 151 Å². The van der Waals surface area contributed by atoms with Crippen LogP contribution in [0.2, 0.25) is 0 Å². The van der Waals surface area contributed by atoms with Crippen LogP contribution in [-0.2, 0) is 6.18 Å². The number of hydrogen-bond acceptors (Lipinski definition) is 3. The molecule has 1 aromatic carbocycles. The van der Waals surface area contributed by atoms with Crippen LogP contribution in [0.15, 0.2) is 24.3 Å². The molecule has 1 amide bonds. The van der Waals surface area contributed by atoms with E-state index in [9.17, 15) is 18.0 Å². The summed E-state index contributed by atoms with van der Waals surface area (Å²) >= 11 is 0. The van der Waals surface area contributed by atoms with Gasteiger partial charge in [-0.25, -0.2) is 0 Å². The lowest BCUT2D eigenvalue weighted by molar-refractivity contribution is -0.138. The maximum Gasteiger partial charge on any atom is 0.417 e. The van der Waals surface area contributed by atoms with Gasteiger partial charge in [-0.15, -0.1) is 0 Å². The molecule has 0 aliphatic carbocycles. The second-order valence-corrected chi connectivity index (χ2v) is 7.58. The molecule has 2 bridgehead atoms. The topological polar surface area (TPSA) is 26.8 Å². The molecule has 4 nitrogen and oxygen atoms in total. The van der Waals surface area contributed by atoms with Gasteiger partial charge in [0.25, 0.3) is 5.91 Å². The van der Waals surface area contributed by atoms with Gasteiger partial charge in [0.2, 0.25) is 0 Å². The molecule has 142 valence electrons. The first-order valence-corrected chi connectivity index (χ1v) is 9.35. The van der Waals surface area contributed by atoms with Gasteiger partial charge in [0.1, 0.15) is 0 Å². The zero-order chi connectivity index (χ0) is 18.3. The van der Waals surface area contributed by atoms with Crippen LogP contribution < -0.4 is 0 Å². The average Bonchev–Trinajstić information content (AvgIpc) is 2.68. The monoisotopic (exact) mass is 367 g/mol. The maximum atomic E-state index is 13.2. The number of carbonyl (C=O) groups excluding carboxylic acids is 1. The number of hydrogen-bond donors (Lipinski definition) is 0. The van der Waals surface area contributed by atoms with Crippen molar-refractivity contribution in [3.05, 3.63) is 35.4 Å². The number of amides is 1. The molecule has 0 spiro atoms. The summed E-state index contributed by atoms with van der Waals surface area (Å²) in [6.07, 6.45) is -2.03. The Morgan fingerprint density at radius 3 is 2.19 bits per heavy atom. The van der Waals surface area contributed by atoms with Gasteiger partial charge in [-0.2, -0.15) is 13.2 Å². The standard InChI is InChI=1S/C19H24F3N3O/c20-19(21,22)16-4-2-1-3-15(16)18(26)25-11-9-24(10-12-25)17-13-23-7-5-14(17)6-8-23/h1-4,14,17H,5-13H2. The summed E-state index contributed by atoms with van der Waals surface area (Å²) in [6.45, 7) is 5.95. The summed E-state index contributed by atoms with van der Waals surface area (Å²) in [5, 5.41) is 0. The van der Waals surface area contributed by atoms with Crippen LogP contribution >= 0.6 is 0 Å². The molecule has 0 N–H and O–H groups in total. The molecule has 7 heteroatoms.